The Balaban J connectivity index is 1.80. The van der Waals surface area contributed by atoms with Gasteiger partial charge in [0.25, 0.3) is 6.43 Å². The topological polar surface area (TPSA) is 83.8 Å². The zero-order valence-corrected chi connectivity index (χ0v) is 18.0. The number of nitrogen functional groups attached to an aromatic ring is 1. The summed E-state index contributed by atoms with van der Waals surface area (Å²) in [7, 11) is 0. The summed E-state index contributed by atoms with van der Waals surface area (Å²) in [5.41, 5.74) is 8.04. The molecule has 0 unspecified atom stereocenters. The number of halogens is 3. The summed E-state index contributed by atoms with van der Waals surface area (Å²) in [5.74, 6) is 0.563. The number of imidazole rings is 1. The molecule has 0 radical (unpaired) electrons. The molecule has 5 rings (SSSR count). The monoisotopic (exact) mass is 454 g/mol. The molecule has 1 aromatic carbocycles. The standard InChI is InChI=1S/C23H21F3N6O/c1-23(2)17-8-15(24)3-4-16(17)22-28-5-6-31(22)11-14-10-30-32(12-19(25)26)20(14)13-7-18(33-23)21(27)29-9-13/h3-10,19H,11-12H2,1-2H3,(H2,27,29). The Morgan fingerprint density at radius 2 is 2.00 bits per heavy atom. The quantitative estimate of drug-likeness (QED) is 0.483. The number of ether oxygens (including phenoxy) is 1. The molecule has 0 atom stereocenters. The SMILES string of the molecule is CC1(C)Oc2cc(cnc2N)-c2c(cnn2CC(F)F)Cn2ccnc2-c2ccc(F)cc21. The van der Waals surface area contributed by atoms with Gasteiger partial charge in [0.2, 0.25) is 0 Å². The van der Waals surface area contributed by atoms with E-state index in [0.29, 0.717) is 40.3 Å². The van der Waals surface area contributed by atoms with Gasteiger partial charge in [0, 0.05) is 40.8 Å². The molecule has 3 aromatic heterocycles. The smallest absolute Gasteiger partial charge is 0.257 e. The molecule has 0 spiro atoms. The van der Waals surface area contributed by atoms with Gasteiger partial charge < -0.3 is 15.0 Å². The van der Waals surface area contributed by atoms with Gasteiger partial charge in [-0.1, -0.05) is 0 Å². The number of hydrogen-bond acceptors (Lipinski definition) is 5. The van der Waals surface area contributed by atoms with E-state index in [1.807, 2.05) is 4.57 Å². The highest BCUT2D eigenvalue weighted by atomic mass is 19.3. The number of anilines is 1. The lowest BCUT2D eigenvalue weighted by Gasteiger charge is -2.30. The van der Waals surface area contributed by atoms with Crippen molar-refractivity contribution in [2.24, 2.45) is 0 Å². The molecule has 4 heterocycles. The molecule has 2 bridgehead atoms. The molecular formula is C23H21F3N6O. The first-order chi connectivity index (χ1) is 15.7. The van der Waals surface area contributed by atoms with Crippen LogP contribution in [0.1, 0.15) is 25.0 Å². The van der Waals surface area contributed by atoms with Crippen LogP contribution in [0, 0.1) is 5.82 Å². The Bertz CT molecular complexity index is 1340. The van der Waals surface area contributed by atoms with Gasteiger partial charge in [0.05, 0.1) is 18.4 Å². The van der Waals surface area contributed by atoms with Gasteiger partial charge in [-0.25, -0.2) is 23.1 Å². The van der Waals surface area contributed by atoms with Crippen molar-refractivity contribution in [3.8, 4) is 28.4 Å². The molecule has 7 nitrogen and oxygen atoms in total. The molecule has 1 aliphatic rings. The van der Waals surface area contributed by atoms with Crippen LogP contribution in [-0.4, -0.2) is 30.7 Å². The van der Waals surface area contributed by atoms with Crippen molar-refractivity contribution in [2.75, 3.05) is 5.73 Å². The van der Waals surface area contributed by atoms with E-state index >= 15 is 0 Å². The predicted molar refractivity (Wildman–Crippen MR) is 116 cm³/mol. The van der Waals surface area contributed by atoms with Crippen LogP contribution in [0.4, 0.5) is 19.0 Å². The molecule has 1 aliphatic heterocycles. The maximum absolute atomic E-state index is 14.3. The third-order valence-corrected chi connectivity index (χ3v) is 5.67. The number of hydrogen-bond donors (Lipinski definition) is 1. The van der Waals surface area contributed by atoms with Crippen molar-refractivity contribution in [1.82, 2.24) is 24.3 Å². The van der Waals surface area contributed by atoms with Gasteiger partial charge in [-0.2, -0.15) is 5.10 Å². The maximum atomic E-state index is 14.3. The second-order valence-corrected chi connectivity index (χ2v) is 8.38. The van der Waals surface area contributed by atoms with Crippen LogP contribution in [-0.2, 0) is 18.7 Å². The van der Waals surface area contributed by atoms with Crippen molar-refractivity contribution in [2.45, 2.75) is 39.0 Å². The lowest BCUT2D eigenvalue weighted by molar-refractivity contribution is 0.109. The van der Waals surface area contributed by atoms with Crippen LogP contribution < -0.4 is 10.5 Å². The van der Waals surface area contributed by atoms with Crippen LogP contribution in [0.25, 0.3) is 22.6 Å². The molecule has 0 saturated heterocycles. The van der Waals surface area contributed by atoms with Crippen molar-refractivity contribution in [3.05, 3.63) is 66.0 Å². The van der Waals surface area contributed by atoms with Gasteiger partial charge in [-0.05, 0) is 38.1 Å². The normalized spacial score (nSPS) is 14.5. The average Bonchev–Trinajstić information content (AvgIpc) is 3.36. The number of aromatic nitrogens is 5. The first-order valence-electron chi connectivity index (χ1n) is 10.3. The molecule has 170 valence electrons. The molecule has 0 aliphatic carbocycles. The maximum Gasteiger partial charge on any atom is 0.257 e. The number of nitrogens with zero attached hydrogens (tertiary/aromatic N) is 5. The third-order valence-electron chi connectivity index (χ3n) is 5.67. The molecule has 0 saturated carbocycles. The minimum atomic E-state index is -2.59. The van der Waals surface area contributed by atoms with E-state index in [2.05, 4.69) is 15.1 Å². The lowest BCUT2D eigenvalue weighted by atomic mass is 9.92. The summed E-state index contributed by atoms with van der Waals surface area (Å²) in [6, 6.07) is 6.09. The largest absolute Gasteiger partial charge is 0.479 e. The van der Waals surface area contributed by atoms with Crippen molar-refractivity contribution < 1.29 is 17.9 Å². The summed E-state index contributed by atoms with van der Waals surface area (Å²) in [4.78, 5) is 8.73. The summed E-state index contributed by atoms with van der Waals surface area (Å²) in [6.07, 6.45) is 3.89. The second-order valence-electron chi connectivity index (χ2n) is 8.38. The Kier molecular flexibility index (Phi) is 4.88. The molecule has 4 aromatic rings. The fourth-order valence-corrected chi connectivity index (χ4v) is 4.21. The summed E-state index contributed by atoms with van der Waals surface area (Å²) < 4.78 is 50.2. The van der Waals surface area contributed by atoms with E-state index in [1.165, 1.54) is 23.0 Å². The van der Waals surface area contributed by atoms with Gasteiger partial charge in [0.1, 0.15) is 23.8 Å². The van der Waals surface area contributed by atoms with E-state index in [4.69, 9.17) is 10.5 Å². The third kappa shape index (κ3) is 3.71. The molecule has 33 heavy (non-hydrogen) atoms. The fraction of sp³-hybridized carbons (Fsp3) is 0.261. The van der Waals surface area contributed by atoms with E-state index in [-0.39, 0.29) is 11.6 Å². The Labute approximate surface area is 187 Å². The van der Waals surface area contributed by atoms with Gasteiger partial charge in [-0.3, -0.25) is 4.68 Å². The molecule has 10 heteroatoms. The minimum Gasteiger partial charge on any atom is -0.479 e. The number of alkyl halides is 2. The van der Waals surface area contributed by atoms with Crippen LogP contribution >= 0.6 is 0 Å². The Hall–Kier alpha value is -3.82. The number of benzene rings is 1. The summed E-state index contributed by atoms with van der Waals surface area (Å²) >= 11 is 0. The molecular weight excluding hydrogens is 433 g/mol. The second kappa shape index (κ2) is 7.65. The average molecular weight is 454 g/mol. The number of nitrogens with two attached hydrogens (primary N) is 1. The lowest BCUT2D eigenvalue weighted by Crippen LogP contribution is -2.27. The first-order valence-corrected chi connectivity index (χ1v) is 10.3. The highest BCUT2D eigenvalue weighted by Crippen LogP contribution is 2.39. The van der Waals surface area contributed by atoms with Crippen LogP contribution in [0.2, 0.25) is 0 Å². The zero-order chi connectivity index (χ0) is 23.3. The number of rotatable bonds is 2. The Morgan fingerprint density at radius 3 is 2.79 bits per heavy atom. The van der Waals surface area contributed by atoms with Gasteiger partial charge in [0.15, 0.2) is 11.6 Å². The molecule has 0 fully saturated rings. The van der Waals surface area contributed by atoms with Gasteiger partial charge >= 0.3 is 0 Å². The summed E-state index contributed by atoms with van der Waals surface area (Å²) in [6.45, 7) is 3.33. The fourth-order valence-electron chi connectivity index (χ4n) is 4.21. The van der Waals surface area contributed by atoms with E-state index in [1.54, 1.807) is 44.6 Å². The Morgan fingerprint density at radius 1 is 1.18 bits per heavy atom. The molecule has 2 N–H and O–H groups in total. The summed E-state index contributed by atoms with van der Waals surface area (Å²) in [5, 5.41) is 4.20. The van der Waals surface area contributed by atoms with E-state index in [0.717, 1.165) is 0 Å². The van der Waals surface area contributed by atoms with E-state index < -0.39 is 24.4 Å². The minimum absolute atomic E-state index is 0.129. The van der Waals surface area contributed by atoms with Gasteiger partial charge in [-0.15, -0.1) is 0 Å². The van der Waals surface area contributed by atoms with Crippen molar-refractivity contribution in [1.29, 1.82) is 0 Å². The first kappa shape index (κ1) is 21.0. The highest BCUT2D eigenvalue weighted by Gasteiger charge is 2.31. The van der Waals surface area contributed by atoms with Crippen molar-refractivity contribution >= 4 is 5.82 Å². The molecule has 0 amide bonds. The van der Waals surface area contributed by atoms with Crippen LogP contribution in [0.15, 0.2) is 49.1 Å². The highest BCUT2D eigenvalue weighted by molar-refractivity contribution is 5.69. The zero-order valence-electron chi connectivity index (χ0n) is 18.0. The van der Waals surface area contributed by atoms with E-state index in [9.17, 15) is 13.2 Å². The van der Waals surface area contributed by atoms with Crippen LogP contribution in [0.3, 0.4) is 0 Å². The van der Waals surface area contributed by atoms with Crippen molar-refractivity contribution in [3.63, 3.8) is 0 Å². The number of fused-ring (bicyclic) bond motifs is 7. The van der Waals surface area contributed by atoms with Crippen LogP contribution in [0.5, 0.6) is 5.75 Å². The number of pyridine rings is 1. The predicted octanol–water partition coefficient (Wildman–Crippen LogP) is 4.47.